The predicted molar refractivity (Wildman–Crippen MR) is 75.1 cm³/mol. The lowest BCUT2D eigenvalue weighted by molar-refractivity contribution is 0.575. The Labute approximate surface area is 114 Å². The number of pyridine rings is 1. The van der Waals surface area contributed by atoms with Crippen LogP contribution in [-0.2, 0) is 0 Å². The van der Waals surface area contributed by atoms with Crippen molar-refractivity contribution in [3.05, 3.63) is 23.4 Å². The summed E-state index contributed by atoms with van der Waals surface area (Å²) in [7, 11) is 0. The number of nitriles is 1. The topological polar surface area (TPSA) is 52.0 Å². The minimum atomic E-state index is 0.577. The summed E-state index contributed by atoms with van der Waals surface area (Å²) in [6, 6.07) is 7.22. The molecule has 2 fully saturated rings. The van der Waals surface area contributed by atoms with Crippen molar-refractivity contribution in [2.75, 3.05) is 18.0 Å². The summed E-state index contributed by atoms with van der Waals surface area (Å²) in [5.41, 5.74) is 1.65. The van der Waals surface area contributed by atoms with E-state index in [4.69, 9.17) is 5.26 Å². The Morgan fingerprint density at radius 1 is 1.42 bits per heavy atom. The number of hydrogen-bond donors (Lipinski definition) is 1. The third-order valence-electron chi connectivity index (χ3n) is 3.93. The molecule has 3 rings (SSSR count). The van der Waals surface area contributed by atoms with Crippen molar-refractivity contribution in [3.8, 4) is 6.07 Å². The molecule has 1 atom stereocenters. The van der Waals surface area contributed by atoms with E-state index >= 15 is 0 Å². The van der Waals surface area contributed by atoms with E-state index in [9.17, 15) is 0 Å². The monoisotopic (exact) mass is 256 g/mol. The van der Waals surface area contributed by atoms with Gasteiger partial charge >= 0.3 is 0 Å². The van der Waals surface area contributed by atoms with Gasteiger partial charge in [0, 0.05) is 24.3 Å². The van der Waals surface area contributed by atoms with Gasteiger partial charge in [0.15, 0.2) is 0 Å². The highest BCUT2D eigenvalue weighted by molar-refractivity contribution is 5.48. The second-order valence-electron chi connectivity index (χ2n) is 5.64. The van der Waals surface area contributed by atoms with E-state index in [2.05, 4.69) is 21.3 Å². The molecule has 4 nitrogen and oxygen atoms in total. The highest BCUT2D eigenvalue weighted by Crippen LogP contribution is 2.32. The Morgan fingerprint density at radius 3 is 2.89 bits per heavy atom. The molecule has 19 heavy (non-hydrogen) atoms. The van der Waals surface area contributed by atoms with E-state index < -0.39 is 0 Å². The van der Waals surface area contributed by atoms with Crippen LogP contribution in [0.2, 0.25) is 0 Å². The maximum absolute atomic E-state index is 9.10. The van der Waals surface area contributed by atoms with E-state index in [0.29, 0.717) is 17.6 Å². The highest BCUT2D eigenvalue weighted by atomic mass is 15.2. The molecule has 0 aromatic carbocycles. The quantitative estimate of drug-likeness (QED) is 0.895. The van der Waals surface area contributed by atoms with Crippen LogP contribution < -0.4 is 10.2 Å². The summed E-state index contributed by atoms with van der Waals surface area (Å²) < 4.78 is 0. The van der Waals surface area contributed by atoms with Crippen LogP contribution in [0.3, 0.4) is 0 Å². The summed E-state index contributed by atoms with van der Waals surface area (Å²) >= 11 is 0. The molecule has 1 N–H and O–H groups in total. The van der Waals surface area contributed by atoms with E-state index in [-0.39, 0.29) is 0 Å². The van der Waals surface area contributed by atoms with Gasteiger partial charge in [0.2, 0.25) is 0 Å². The van der Waals surface area contributed by atoms with Gasteiger partial charge in [-0.3, -0.25) is 0 Å². The van der Waals surface area contributed by atoms with Crippen molar-refractivity contribution in [2.45, 2.75) is 44.7 Å². The van der Waals surface area contributed by atoms with Gasteiger partial charge in [-0.2, -0.15) is 5.26 Å². The van der Waals surface area contributed by atoms with Crippen LogP contribution >= 0.6 is 0 Å². The van der Waals surface area contributed by atoms with Gasteiger partial charge in [-0.25, -0.2) is 4.98 Å². The van der Waals surface area contributed by atoms with Gasteiger partial charge in [0.25, 0.3) is 0 Å². The SMILES string of the molecule is Cc1cc(C#N)cc(N(CC2CCCN2)C2CC2)n1. The van der Waals surface area contributed by atoms with Gasteiger partial charge in [-0.1, -0.05) is 0 Å². The minimum Gasteiger partial charge on any atom is -0.352 e. The van der Waals surface area contributed by atoms with E-state index in [0.717, 1.165) is 24.6 Å². The largest absolute Gasteiger partial charge is 0.352 e. The molecule has 4 heteroatoms. The van der Waals surface area contributed by atoms with Crippen molar-refractivity contribution < 1.29 is 0 Å². The number of aromatic nitrogens is 1. The standard InChI is InChI=1S/C15H20N4/c1-11-7-12(9-16)8-15(18-11)19(14-4-5-14)10-13-3-2-6-17-13/h7-8,13-14,17H,2-6,10H2,1H3. The summed E-state index contributed by atoms with van der Waals surface area (Å²) in [5.74, 6) is 0.979. The van der Waals surface area contributed by atoms with E-state index in [1.54, 1.807) is 0 Å². The molecule has 2 aliphatic rings. The molecule has 1 saturated heterocycles. The molecule has 0 radical (unpaired) electrons. The van der Waals surface area contributed by atoms with Crippen molar-refractivity contribution in [2.24, 2.45) is 0 Å². The molecule has 2 heterocycles. The lowest BCUT2D eigenvalue weighted by atomic mass is 10.2. The fourth-order valence-corrected chi connectivity index (χ4v) is 2.83. The molecule has 1 aromatic rings. The Morgan fingerprint density at radius 2 is 2.26 bits per heavy atom. The number of aryl methyl sites for hydroxylation is 1. The van der Waals surface area contributed by atoms with Crippen LogP contribution in [-0.4, -0.2) is 30.2 Å². The highest BCUT2D eigenvalue weighted by Gasteiger charge is 2.32. The van der Waals surface area contributed by atoms with Crippen LogP contribution in [0.4, 0.5) is 5.82 Å². The number of anilines is 1. The van der Waals surface area contributed by atoms with Gasteiger partial charge < -0.3 is 10.2 Å². The Bertz CT molecular complexity index is 495. The Balaban J connectivity index is 1.82. The van der Waals surface area contributed by atoms with Crippen molar-refractivity contribution >= 4 is 5.82 Å². The average Bonchev–Trinajstić information content (AvgIpc) is 3.12. The molecule has 1 saturated carbocycles. The van der Waals surface area contributed by atoms with Crippen molar-refractivity contribution in [1.29, 1.82) is 5.26 Å². The number of hydrogen-bond acceptors (Lipinski definition) is 4. The summed E-state index contributed by atoms with van der Waals surface area (Å²) in [4.78, 5) is 7.03. The predicted octanol–water partition coefficient (Wildman–Crippen LogP) is 1.98. The molecule has 1 unspecified atom stereocenters. The molecule has 0 amide bonds. The van der Waals surface area contributed by atoms with Crippen LogP contribution in [0.25, 0.3) is 0 Å². The lowest BCUT2D eigenvalue weighted by Crippen LogP contribution is -2.39. The first-order valence-corrected chi connectivity index (χ1v) is 7.15. The van der Waals surface area contributed by atoms with Crippen LogP contribution in [0.5, 0.6) is 0 Å². The van der Waals surface area contributed by atoms with Gasteiger partial charge in [-0.15, -0.1) is 0 Å². The molecule has 100 valence electrons. The maximum atomic E-state index is 9.10. The Kier molecular flexibility index (Phi) is 3.39. The zero-order valence-corrected chi connectivity index (χ0v) is 11.4. The number of nitrogens with zero attached hydrogens (tertiary/aromatic N) is 3. The fraction of sp³-hybridized carbons (Fsp3) is 0.600. The normalized spacial score (nSPS) is 22.2. The smallest absolute Gasteiger partial charge is 0.130 e. The van der Waals surface area contributed by atoms with Crippen molar-refractivity contribution in [3.63, 3.8) is 0 Å². The van der Waals surface area contributed by atoms with Crippen molar-refractivity contribution in [1.82, 2.24) is 10.3 Å². The minimum absolute atomic E-state index is 0.577. The second kappa shape index (κ2) is 5.18. The summed E-state index contributed by atoms with van der Waals surface area (Å²) in [5, 5.41) is 12.6. The lowest BCUT2D eigenvalue weighted by Gasteiger charge is -2.27. The maximum Gasteiger partial charge on any atom is 0.130 e. The van der Waals surface area contributed by atoms with Crippen LogP contribution in [0.15, 0.2) is 12.1 Å². The molecule has 0 spiro atoms. The first-order valence-electron chi connectivity index (χ1n) is 7.15. The number of nitrogens with one attached hydrogen (secondary N) is 1. The molecule has 1 aliphatic carbocycles. The van der Waals surface area contributed by atoms with E-state index in [1.807, 2.05) is 19.1 Å². The number of rotatable bonds is 4. The van der Waals surface area contributed by atoms with Gasteiger partial charge in [-0.05, 0) is 51.3 Å². The summed E-state index contributed by atoms with van der Waals surface area (Å²) in [6.45, 7) is 4.11. The Hall–Kier alpha value is -1.60. The third-order valence-corrected chi connectivity index (χ3v) is 3.93. The van der Waals surface area contributed by atoms with Gasteiger partial charge in [0.1, 0.15) is 5.82 Å². The molecule has 1 aromatic heterocycles. The zero-order valence-electron chi connectivity index (χ0n) is 11.4. The van der Waals surface area contributed by atoms with Crippen LogP contribution in [0, 0.1) is 18.3 Å². The third kappa shape index (κ3) is 2.87. The molecule has 1 aliphatic heterocycles. The molecular weight excluding hydrogens is 236 g/mol. The fourth-order valence-electron chi connectivity index (χ4n) is 2.83. The first kappa shape index (κ1) is 12.4. The van der Waals surface area contributed by atoms with Crippen LogP contribution in [0.1, 0.15) is 36.9 Å². The van der Waals surface area contributed by atoms with E-state index in [1.165, 1.54) is 25.7 Å². The zero-order chi connectivity index (χ0) is 13.2. The molecular formula is C15H20N4. The molecule has 0 bridgehead atoms. The second-order valence-corrected chi connectivity index (χ2v) is 5.64. The first-order chi connectivity index (χ1) is 9.26. The van der Waals surface area contributed by atoms with Gasteiger partial charge in [0.05, 0.1) is 11.6 Å². The summed E-state index contributed by atoms with van der Waals surface area (Å²) in [6.07, 6.45) is 5.03. The average molecular weight is 256 g/mol.